The van der Waals surface area contributed by atoms with Crippen LogP contribution >= 0.6 is 0 Å². The maximum Gasteiger partial charge on any atom is 0.250 e. The van der Waals surface area contributed by atoms with Crippen molar-refractivity contribution in [2.75, 3.05) is 13.7 Å². The van der Waals surface area contributed by atoms with Crippen LogP contribution in [0.5, 0.6) is 5.75 Å². The molecule has 1 aliphatic heterocycles. The summed E-state index contributed by atoms with van der Waals surface area (Å²) < 4.78 is 10.5. The number of carbonyl (C=O) groups excluding carboxylic acids is 2. The van der Waals surface area contributed by atoms with Gasteiger partial charge in [-0.2, -0.15) is 0 Å². The summed E-state index contributed by atoms with van der Waals surface area (Å²) in [4.78, 5) is 30.6. The van der Waals surface area contributed by atoms with E-state index < -0.39 is 0 Å². The highest BCUT2D eigenvalue weighted by Crippen LogP contribution is 2.37. The number of allylic oxidation sites excluding steroid dienone is 1. The number of hydrogen-bond acceptors (Lipinski definition) is 5. The van der Waals surface area contributed by atoms with E-state index in [-0.39, 0.29) is 11.9 Å². The van der Waals surface area contributed by atoms with Crippen LogP contribution in [0.2, 0.25) is 0 Å². The van der Waals surface area contributed by atoms with Crippen LogP contribution in [0.15, 0.2) is 48.3 Å². The van der Waals surface area contributed by atoms with Crippen LogP contribution in [0.25, 0.3) is 10.9 Å². The van der Waals surface area contributed by atoms with Gasteiger partial charge in [0.15, 0.2) is 0 Å². The van der Waals surface area contributed by atoms with Crippen LogP contribution in [-0.4, -0.2) is 35.8 Å². The molecule has 29 heavy (non-hydrogen) atoms. The highest BCUT2D eigenvalue weighted by Gasteiger charge is 2.33. The van der Waals surface area contributed by atoms with Crippen LogP contribution in [0.4, 0.5) is 0 Å². The second-order valence-electron chi connectivity index (χ2n) is 6.82. The van der Waals surface area contributed by atoms with E-state index >= 15 is 0 Å². The van der Waals surface area contributed by atoms with Gasteiger partial charge in [-0.3, -0.25) is 14.6 Å². The molecule has 0 aliphatic carbocycles. The Balaban J connectivity index is 1.99. The first-order chi connectivity index (χ1) is 14.1. The highest BCUT2D eigenvalue weighted by molar-refractivity contribution is 5.89. The zero-order valence-electron chi connectivity index (χ0n) is 17.1. The molecule has 1 atom stereocenters. The van der Waals surface area contributed by atoms with E-state index in [0.717, 1.165) is 39.8 Å². The number of nitrogens with zero attached hydrogens (tertiary/aromatic N) is 2. The normalized spacial score (nSPS) is 16.3. The molecule has 0 bridgehead atoms. The van der Waals surface area contributed by atoms with Crippen molar-refractivity contribution in [3.63, 3.8) is 0 Å². The van der Waals surface area contributed by atoms with E-state index in [1.807, 2.05) is 38.1 Å². The summed E-state index contributed by atoms with van der Waals surface area (Å²) >= 11 is 0. The lowest BCUT2D eigenvalue weighted by Crippen LogP contribution is -2.28. The zero-order valence-corrected chi connectivity index (χ0v) is 17.1. The fourth-order valence-corrected chi connectivity index (χ4v) is 3.50. The minimum absolute atomic E-state index is 0.138. The lowest BCUT2D eigenvalue weighted by molar-refractivity contribution is -0.128. The van der Waals surface area contributed by atoms with E-state index in [4.69, 9.17) is 14.5 Å². The third-order valence-electron chi connectivity index (χ3n) is 5.09. The smallest absolute Gasteiger partial charge is 0.250 e. The Morgan fingerprint density at radius 2 is 2.14 bits per heavy atom. The van der Waals surface area contributed by atoms with E-state index in [0.29, 0.717) is 26.0 Å². The largest absolute Gasteiger partial charge is 0.501 e. The molecule has 0 spiro atoms. The van der Waals surface area contributed by atoms with Gasteiger partial charge in [-0.1, -0.05) is 13.0 Å². The number of rotatable bonds is 8. The molecule has 1 aromatic carbocycles. The van der Waals surface area contributed by atoms with E-state index in [2.05, 4.69) is 6.07 Å². The van der Waals surface area contributed by atoms with Gasteiger partial charge in [-0.25, -0.2) is 0 Å². The van der Waals surface area contributed by atoms with Crippen LogP contribution in [0.3, 0.4) is 0 Å². The third-order valence-corrected chi connectivity index (χ3v) is 5.09. The fourth-order valence-electron chi connectivity index (χ4n) is 3.50. The number of amides is 1. The third kappa shape index (κ3) is 4.47. The Hall–Kier alpha value is -3.15. The second-order valence-corrected chi connectivity index (χ2v) is 6.82. The molecular formula is C23H26N2O4. The molecule has 0 saturated heterocycles. The number of ether oxygens (including phenoxy) is 2. The number of fused-ring (bicyclic) bond motifs is 2. The summed E-state index contributed by atoms with van der Waals surface area (Å²) in [5.41, 5.74) is 3.45. The summed E-state index contributed by atoms with van der Waals surface area (Å²) in [5.74, 6) is 0.628. The molecule has 6 heteroatoms. The Labute approximate surface area is 170 Å². The van der Waals surface area contributed by atoms with Crippen molar-refractivity contribution in [1.29, 1.82) is 0 Å². The number of benzene rings is 1. The van der Waals surface area contributed by atoms with Crippen molar-refractivity contribution < 1.29 is 19.1 Å². The van der Waals surface area contributed by atoms with E-state index in [1.165, 1.54) is 12.3 Å². The maximum absolute atomic E-state index is 12.8. The molecular weight excluding hydrogens is 368 g/mol. The van der Waals surface area contributed by atoms with Crippen LogP contribution in [0, 0.1) is 0 Å². The van der Waals surface area contributed by atoms with Crippen molar-refractivity contribution in [2.24, 2.45) is 0 Å². The van der Waals surface area contributed by atoms with Gasteiger partial charge in [0.25, 0.3) is 5.91 Å². The predicted octanol–water partition coefficient (Wildman–Crippen LogP) is 4.10. The molecule has 0 N–H and O–H groups in total. The van der Waals surface area contributed by atoms with Gasteiger partial charge in [0.2, 0.25) is 0 Å². The van der Waals surface area contributed by atoms with Crippen molar-refractivity contribution in [3.8, 4) is 5.75 Å². The first-order valence-electron chi connectivity index (χ1n) is 9.81. The van der Waals surface area contributed by atoms with Gasteiger partial charge in [-0.05, 0) is 55.2 Å². The van der Waals surface area contributed by atoms with Gasteiger partial charge in [0.05, 0.1) is 37.2 Å². The molecule has 2 heterocycles. The molecule has 6 nitrogen and oxygen atoms in total. The minimum Gasteiger partial charge on any atom is -0.501 e. The molecule has 0 fully saturated rings. The molecule has 1 unspecified atom stereocenters. The molecule has 152 valence electrons. The molecule has 1 aliphatic rings. The van der Waals surface area contributed by atoms with Crippen LogP contribution in [-0.2, 0) is 20.9 Å². The number of carbonyl (C=O) groups is 2. The summed E-state index contributed by atoms with van der Waals surface area (Å²) in [6.45, 7) is 4.77. The van der Waals surface area contributed by atoms with Gasteiger partial charge in [0, 0.05) is 18.0 Å². The van der Waals surface area contributed by atoms with Crippen molar-refractivity contribution >= 4 is 23.1 Å². The molecule has 0 saturated carbocycles. The lowest BCUT2D eigenvalue weighted by atomic mass is 10.0. The van der Waals surface area contributed by atoms with Crippen LogP contribution < -0.4 is 4.74 Å². The Kier molecular flexibility index (Phi) is 6.65. The highest BCUT2D eigenvalue weighted by atomic mass is 16.5. The number of pyridine rings is 1. The zero-order chi connectivity index (χ0) is 20.8. The van der Waals surface area contributed by atoms with Gasteiger partial charge in [-0.15, -0.1) is 0 Å². The Bertz CT molecular complexity index is 965. The fraction of sp³-hybridized carbons (Fsp3) is 0.348. The average Bonchev–Trinajstić information content (AvgIpc) is 3.10. The summed E-state index contributed by atoms with van der Waals surface area (Å²) in [6, 6.07) is 7.58. The number of aldehydes is 1. The van der Waals surface area contributed by atoms with Crippen molar-refractivity contribution in [2.45, 2.75) is 39.3 Å². The predicted molar refractivity (Wildman–Crippen MR) is 111 cm³/mol. The summed E-state index contributed by atoms with van der Waals surface area (Å²) in [7, 11) is 1.63. The lowest BCUT2D eigenvalue weighted by Gasteiger charge is -2.22. The van der Waals surface area contributed by atoms with Gasteiger partial charge < -0.3 is 14.4 Å². The van der Waals surface area contributed by atoms with Gasteiger partial charge >= 0.3 is 0 Å². The summed E-state index contributed by atoms with van der Waals surface area (Å²) in [5, 5.41) is 0.971. The first-order valence-corrected chi connectivity index (χ1v) is 9.81. The van der Waals surface area contributed by atoms with Crippen LogP contribution in [0.1, 0.15) is 44.0 Å². The molecule has 3 rings (SSSR count). The Morgan fingerprint density at radius 1 is 1.31 bits per heavy atom. The first kappa shape index (κ1) is 20.6. The second kappa shape index (κ2) is 9.37. The number of aromatic nitrogens is 1. The number of hydrogen-bond donors (Lipinski definition) is 0. The van der Waals surface area contributed by atoms with Crippen molar-refractivity contribution in [3.05, 3.63) is 59.5 Å². The number of methoxy groups -OCH3 is 1. The van der Waals surface area contributed by atoms with Gasteiger partial charge in [0.1, 0.15) is 12.0 Å². The average molecular weight is 394 g/mol. The summed E-state index contributed by atoms with van der Waals surface area (Å²) in [6.07, 6.45) is 6.84. The topological polar surface area (TPSA) is 68.7 Å². The molecule has 1 aromatic heterocycles. The molecule has 0 radical (unpaired) electrons. The quantitative estimate of drug-likeness (QED) is 0.383. The van der Waals surface area contributed by atoms with E-state index in [9.17, 15) is 9.59 Å². The Morgan fingerprint density at radius 3 is 2.83 bits per heavy atom. The standard InChI is InChI=1S/C23H26N2O4/c1-4-16(15-26)6-9-21-23-18(14-25(21)22(27)10-11-29-5-2)12-17-13-19(28-3)7-8-20(17)24-23/h6-8,10-13,15,21H,4-5,9,14H2,1-3H3/b11-10+,16-6-. The molecule has 1 amide bonds. The van der Waals surface area contributed by atoms with E-state index in [1.54, 1.807) is 12.0 Å². The SMILES string of the molecule is CCO/C=C/C(=O)N1Cc2cc3cc(OC)ccc3nc2C1C/C=C(\C=O)CC. The minimum atomic E-state index is -0.225. The molecule has 2 aromatic rings. The monoisotopic (exact) mass is 394 g/mol. The maximum atomic E-state index is 12.8. The van der Waals surface area contributed by atoms with Crippen molar-refractivity contribution in [1.82, 2.24) is 9.88 Å².